The smallest absolute Gasteiger partial charge is 0.356 e. The Morgan fingerprint density at radius 3 is 2.67 bits per heavy atom. The van der Waals surface area contributed by atoms with Crippen molar-refractivity contribution in [3.05, 3.63) is 34.7 Å². The van der Waals surface area contributed by atoms with Gasteiger partial charge in [0.1, 0.15) is 11.6 Å². The number of carboxylic acids is 1. The van der Waals surface area contributed by atoms with Crippen molar-refractivity contribution in [2.24, 2.45) is 0 Å². The lowest BCUT2D eigenvalue weighted by atomic mass is 10.2. The SMILES string of the molecule is Cc1noc(C)c1CNc1cnc(C(C)C)nc1C(=O)O. The number of aromatic nitrogens is 3. The van der Waals surface area contributed by atoms with Crippen molar-refractivity contribution in [2.45, 2.75) is 40.2 Å². The molecule has 2 aromatic heterocycles. The van der Waals surface area contributed by atoms with Crippen molar-refractivity contribution in [1.82, 2.24) is 15.1 Å². The zero-order valence-electron chi connectivity index (χ0n) is 12.5. The summed E-state index contributed by atoms with van der Waals surface area (Å²) in [6.45, 7) is 7.89. The second-order valence-corrected chi connectivity index (χ2v) is 5.11. The predicted octanol–water partition coefficient (Wildman–Crippen LogP) is 2.52. The summed E-state index contributed by atoms with van der Waals surface area (Å²) in [7, 11) is 0. The number of nitrogens with one attached hydrogen (secondary N) is 1. The average Bonchev–Trinajstić information content (AvgIpc) is 2.75. The fourth-order valence-electron chi connectivity index (χ4n) is 1.90. The Bertz CT molecular complexity index is 645. The summed E-state index contributed by atoms with van der Waals surface area (Å²) in [6, 6.07) is 0. The van der Waals surface area contributed by atoms with Crippen LogP contribution >= 0.6 is 0 Å². The van der Waals surface area contributed by atoms with E-state index in [0.29, 0.717) is 23.8 Å². The van der Waals surface area contributed by atoms with Crippen LogP contribution in [0.4, 0.5) is 5.69 Å². The molecule has 0 fully saturated rings. The minimum absolute atomic E-state index is 0.0274. The van der Waals surface area contributed by atoms with Gasteiger partial charge in [0.05, 0.1) is 17.6 Å². The lowest BCUT2D eigenvalue weighted by Crippen LogP contribution is -2.12. The topological polar surface area (TPSA) is 101 Å². The third-order valence-corrected chi connectivity index (χ3v) is 3.16. The van der Waals surface area contributed by atoms with E-state index in [-0.39, 0.29) is 11.6 Å². The van der Waals surface area contributed by atoms with E-state index in [1.54, 1.807) is 0 Å². The van der Waals surface area contributed by atoms with Crippen molar-refractivity contribution in [2.75, 3.05) is 5.32 Å². The quantitative estimate of drug-likeness (QED) is 0.872. The summed E-state index contributed by atoms with van der Waals surface area (Å²) in [4.78, 5) is 19.6. The number of hydrogen-bond donors (Lipinski definition) is 2. The summed E-state index contributed by atoms with van der Waals surface area (Å²) < 4.78 is 5.07. The first-order chi connectivity index (χ1) is 9.90. The molecule has 0 atom stereocenters. The zero-order valence-corrected chi connectivity index (χ0v) is 12.5. The van der Waals surface area contributed by atoms with Gasteiger partial charge in [0, 0.05) is 18.0 Å². The van der Waals surface area contributed by atoms with Gasteiger partial charge in [0.15, 0.2) is 5.69 Å². The number of carbonyl (C=O) groups is 1. The van der Waals surface area contributed by atoms with Gasteiger partial charge in [-0.05, 0) is 13.8 Å². The molecule has 0 amide bonds. The number of hydrogen-bond acceptors (Lipinski definition) is 6. The maximum absolute atomic E-state index is 11.3. The molecule has 21 heavy (non-hydrogen) atoms. The lowest BCUT2D eigenvalue weighted by Gasteiger charge is -2.11. The molecule has 0 spiro atoms. The second kappa shape index (κ2) is 5.90. The maximum atomic E-state index is 11.3. The highest BCUT2D eigenvalue weighted by Gasteiger charge is 2.16. The Morgan fingerprint density at radius 2 is 2.14 bits per heavy atom. The van der Waals surface area contributed by atoms with Gasteiger partial charge in [0.2, 0.25) is 0 Å². The number of nitrogens with zero attached hydrogens (tertiary/aromatic N) is 3. The first kappa shape index (κ1) is 15.0. The fraction of sp³-hybridized carbons (Fsp3) is 0.429. The van der Waals surface area contributed by atoms with Gasteiger partial charge in [-0.1, -0.05) is 19.0 Å². The van der Waals surface area contributed by atoms with Gasteiger partial charge in [0.25, 0.3) is 0 Å². The van der Waals surface area contributed by atoms with E-state index in [1.165, 1.54) is 6.20 Å². The van der Waals surface area contributed by atoms with E-state index in [1.807, 2.05) is 27.7 Å². The third-order valence-electron chi connectivity index (χ3n) is 3.16. The van der Waals surface area contributed by atoms with E-state index < -0.39 is 5.97 Å². The average molecular weight is 290 g/mol. The monoisotopic (exact) mass is 290 g/mol. The van der Waals surface area contributed by atoms with Gasteiger partial charge in [-0.25, -0.2) is 14.8 Å². The van der Waals surface area contributed by atoms with Gasteiger partial charge in [-0.15, -0.1) is 0 Å². The number of anilines is 1. The minimum atomic E-state index is -1.08. The Kier molecular flexibility index (Phi) is 4.21. The van der Waals surface area contributed by atoms with Crippen LogP contribution < -0.4 is 5.32 Å². The summed E-state index contributed by atoms with van der Waals surface area (Å²) in [5, 5.41) is 16.2. The highest BCUT2D eigenvalue weighted by Crippen LogP contribution is 2.19. The van der Waals surface area contributed by atoms with Crippen molar-refractivity contribution in [3.8, 4) is 0 Å². The summed E-state index contributed by atoms with van der Waals surface area (Å²) in [5.74, 6) is 0.201. The van der Waals surface area contributed by atoms with Crippen LogP contribution in [0.1, 0.15) is 53.1 Å². The maximum Gasteiger partial charge on any atom is 0.356 e. The predicted molar refractivity (Wildman–Crippen MR) is 76.4 cm³/mol. The minimum Gasteiger partial charge on any atom is -0.476 e. The van der Waals surface area contributed by atoms with Crippen molar-refractivity contribution >= 4 is 11.7 Å². The molecule has 0 aliphatic heterocycles. The molecule has 0 radical (unpaired) electrons. The van der Waals surface area contributed by atoms with Gasteiger partial charge >= 0.3 is 5.97 Å². The molecule has 112 valence electrons. The van der Waals surface area contributed by atoms with Crippen LogP contribution in [0.25, 0.3) is 0 Å². The molecule has 0 aromatic carbocycles. The van der Waals surface area contributed by atoms with Crippen molar-refractivity contribution in [1.29, 1.82) is 0 Å². The molecule has 0 aliphatic carbocycles. The summed E-state index contributed by atoms with van der Waals surface area (Å²) in [5.41, 5.74) is 2.03. The van der Waals surface area contributed by atoms with Gasteiger partial charge < -0.3 is 14.9 Å². The van der Waals surface area contributed by atoms with E-state index >= 15 is 0 Å². The number of rotatable bonds is 5. The molecular weight excluding hydrogens is 272 g/mol. The molecule has 7 heteroatoms. The van der Waals surface area contributed by atoms with Crippen LogP contribution in [0, 0.1) is 13.8 Å². The standard InChI is InChI=1S/C14H18N4O3/c1-7(2)13-16-6-11(12(17-13)14(19)20)15-5-10-8(3)18-21-9(10)4/h6-7,15H,5H2,1-4H3,(H,19,20). The number of carboxylic acid groups (broad SMARTS) is 1. The van der Waals surface area contributed by atoms with Crippen molar-refractivity contribution < 1.29 is 14.4 Å². The Labute approximate surface area is 122 Å². The molecular formula is C14H18N4O3. The Hall–Kier alpha value is -2.44. The molecule has 0 saturated carbocycles. The molecule has 2 heterocycles. The Morgan fingerprint density at radius 1 is 1.43 bits per heavy atom. The fourth-order valence-corrected chi connectivity index (χ4v) is 1.90. The largest absolute Gasteiger partial charge is 0.476 e. The Balaban J connectivity index is 2.25. The first-order valence-electron chi connectivity index (χ1n) is 6.66. The van der Waals surface area contributed by atoms with Crippen LogP contribution in [0.3, 0.4) is 0 Å². The van der Waals surface area contributed by atoms with E-state index in [9.17, 15) is 9.90 Å². The zero-order chi connectivity index (χ0) is 15.6. The molecule has 7 nitrogen and oxygen atoms in total. The molecule has 0 bridgehead atoms. The molecule has 2 N–H and O–H groups in total. The third kappa shape index (κ3) is 3.18. The molecule has 2 aromatic rings. The van der Waals surface area contributed by atoms with Crippen molar-refractivity contribution in [3.63, 3.8) is 0 Å². The lowest BCUT2D eigenvalue weighted by molar-refractivity contribution is 0.0691. The molecule has 2 rings (SSSR count). The number of aryl methyl sites for hydroxylation is 2. The number of aromatic carboxylic acids is 1. The first-order valence-corrected chi connectivity index (χ1v) is 6.66. The van der Waals surface area contributed by atoms with Crippen LogP contribution in [-0.2, 0) is 6.54 Å². The van der Waals surface area contributed by atoms with Crippen LogP contribution in [0.2, 0.25) is 0 Å². The van der Waals surface area contributed by atoms with Gasteiger partial charge in [-0.3, -0.25) is 0 Å². The van der Waals surface area contributed by atoms with E-state index in [0.717, 1.165) is 11.3 Å². The molecule has 0 saturated heterocycles. The summed E-state index contributed by atoms with van der Waals surface area (Å²) >= 11 is 0. The normalized spacial score (nSPS) is 10.9. The van der Waals surface area contributed by atoms with E-state index in [2.05, 4.69) is 20.4 Å². The van der Waals surface area contributed by atoms with Gasteiger partial charge in [-0.2, -0.15) is 0 Å². The highest BCUT2D eigenvalue weighted by molar-refractivity contribution is 5.91. The molecule has 0 unspecified atom stereocenters. The highest BCUT2D eigenvalue weighted by atomic mass is 16.5. The van der Waals surface area contributed by atoms with Crippen LogP contribution in [0.5, 0.6) is 0 Å². The summed E-state index contributed by atoms with van der Waals surface area (Å²) in [6.07, 6.45) is 1.50. The van der Waals surface area contributed by atoms with Crippen LogP contribution in [0.15, 0.2) is 10.7 Å². The second-order valence-electron chi connectivity index (χ2n) is 5.11. The molecule has 0 aliphatic rings. The van der Waals surface area contributed by atoms with E-state index in [4.69, 9.17) is 4.52 Å². The van der Waals surface area contributed by atoms with Crippen LogP contribution in [-0.4, -0.2) is 26.2 Å².